The molecule has 2 heterocycles. The number of esters is 1. The first-order valence-corrected chi connectivity index (χ1v) is 5.86. The molecule has 0 fully saturated rings. The number of rotatable bonds is 1. The van der Waals surface area contributed by atoms with Crippen LogP contribution in [0.3, 0.4) is 0 Å². The van der Waals surface area contributed by atoms with Gasteiger partial charge in [0, 0.05) is 20.8 Å². The highest BCUT2D eigenvalue weighted by Gasteiger charge is 2.13. The largest absolute Gasteiger partial charge is 0.464 e. The molecule has 0 saturated carbocycles. The fourth-order valence-corrected chi connectivity index (χ4v) is 2.33. The number of aromatic nitrogens is 2. The molecule has 0 atom stereocenters. The van der Waals surface area contributed by atoms with E-state index in [2.05, 4.69) is 30.6 Å². The molecule has 0 spiro atoms. The third kappa shape index (κ3) is 1.54. The molecule has 0 aliphatic carbocycles. The Balaban J connectivity index is 2.30. The Kier molecular flexibility index (Phi) is 2.22. The molecule has 3 aromatic rings. The fourth-order valence-electron chi connectivity index (χ4n) is 1.97. The standard InChI is InChI=1S/C12H9BrN2O2/c1-17-12(16)10-5-8-7-4-6(13)2-3-9(7)14-11(8)15-10/h2-5,14-15H,1H3. The lowest BCUT2D eigenvalue weighted by Gasteiger charge is -1.94. The van der Waals surface area contributed by atoms with Crippen molar-refractivity contribution in [1.29, 1.82) is 0 Å². The second-order valence-corrected chi connectivity index (χ2v) is 4.69. The number of H-pyrrole nitrogens is 2. The van der Waals surface area contributed by atoms with Crippen LogP contribution in [0.25, 0.3) is 21.9 Å². The Hall–Kier alpha value is -1.75. The zero-order valence-electron chi connectivity index (χ0n) is 9.00. The van der Waals surface area contributed by atoms with Gasteiger partial charge in [0.15, 0.2) is 0 Å². The Labute approximate surface area is 105 Å². The zero-order chi connectivity index (χ0) is 12.0. The van der Waals surface area contributed by atoms with Gasteiger partial charge < -0.3 is 14.7 Å². The highest BCUT2D eigenvalue weighted by Crippen LogP contribution is 2.28. The molecule has 2 N–H and O–H groups in total. The summed E-state index contributed by atoms with van der Waals surface area (Å²) in [6.07, 6.45) is 0. The van der Waals surface area contributed by atoms with Gasteiger partial charge in [-0.1, -0.05) is 15.9 Å². The van der Waals surface area contributed by atoms with E-state index in [0.717, 1.165) is 26.4 Å². The van der Waals surface area contributed by atoms with E-state index in [1.165, 1.54) is 7.11 Å². The molecule has 4 nitrogen and oxygen atoms in total. The first-order chi connectivity index (χ1) is 8.19. The van der Waals surface area contributed by atoms with E-state index >= 15 is 0 Å². The van der Waals surface area contributed by atoms with Gasteiger partial charge in [-0.25, -0.2) is 4.79 Å². The maximum Gasteiger partial charge on any atom is 0.354 e. The van der Waals surface area contributed by atoms with Gasteiger partial charge in [-0.3, -0.25) is 0 Å². The number of carbonyl (C=O) groups excluding carboxylic acids is 1. The molecule has 5 heteroatoms. The van der Waals surface area contributed by atoms with E-state index in [1.54, 1.807) is 6.07 Å². The topological polar surface area (TPSA) is 57.9 Å². The number of halogens is 1. The van der Waals surface area contributed by atoms with Gasteiger partial charge in [0.05, 0.1) is 7.11 Å². The third-order valence-electron chi connectivity index (χ3n) is 2.75. The Morgan fingerprint density at radius 2 is 2.06 bits per heavy atom. The van der Waals surface area contributed by atoms with E-state index < -0.39 is 0 Å². The van der Waals surface area contributed by atoms with Crippen LogP contribution in [0.5, 0.6) is 0 Å². The fraction of sp³-hybridized carbons (Fsp3) is 0.0833. The van der Waals surface area contributed by atoms with Crippen molar-refractivity contribution in [1.82, 2.24) is 9.97 Å². The average Bonchev–Trinajstić information content (AvgIpc) is 2.86. The number of nitrogens with one attached hydrogen (secondary N) is 2. The zero-order valence-corrected chi connectivity index (χ0v) is 10.6. The molecule has 0 unspecified atom stereocenters. The summed E-state index contributed by atoms with van der Waals surface area (Å²) in [5.74, 6) is -0.363. The van der Waals surface area contributed by atoms with Crippen molar-refractivity contribution in [3.05, 3.63) is 34.4 Å². The molecule has 0 aliphatic heterocycles. The number of carbonyl (C=O) groups is 1. The number of benzene rings is 1. The van der Waals surface area contributed by atoms with Gasteiger partial charge in [-0.2, -0.15) is 0 Å². The van der Waals surface area contributed by atoms with Crippen molar-refractivity contribution in [3.63, 3.8) is 0 Å². The van der Waals surface area contributed by atoms with Crippen molar-refractivity contribution in [2.24, 2.45) is 0 Å². The van der Waals surface area contributed by atoms with Gasteiger partial charge in [0.2, 0.25) is 0 Å². The highest BCUT2D eigenvalue weighted by atomic mass is 79.9. The summed E-state index contributed by atoms with van der Waals surface area (Å²) in [5.41, 5.74) is 2.32. The van der Waals surface area contributed by atoms with E-state index in [1.807, 2.05) is 18.2 Å². The summed E-state index contributed by atoms with van der Waals surface area (Å²) in [6.45, 7) is 0. The predicted octanol–water partition coefficient (Wildman–Crippen LogP) is 3.20. The monoisotopic (exact) mass is 292 g/mol. The minimum absolute atomic E-state index is 0.363. The van der Waals surface area contributed by atoms with Gasteiger partial charge in [0.25, 0.3) is 0 Å². The summed E-state index contributed by atoms with van der Waals surface area (Å²) >= 11 is 3.44. The summed E-state index contributed by atoms with van der Waals surface area (Å²) in [7, 11) is 1.37. The van der Waals surface area contributed by atoms with Crippen molar-refractivity contribution in [3.8, 4) is 0 Å². The van der Waals surface area contributed by atoms with Crippen molar-refractivity contribution in [2.75, 3.05) is 7.11 Å². The number of hydrogen-bond donors (Lipinski definition) is 2. The predicted molar refractivity (Wildman–Crippen MR) is 69.2 cm³/mol. The maximum absolute atomic E-state index is 11.4. The molecule has 2 aromatic heterocycles. The van der Waals surface area contributed by atoms with Crippen LogP contribution < -0.4 is 0 Å². The lowest BCUT2D eigenvalue weighted by Crippen LogP contribution is -2.00. The van der Waals surface area contributed by atoms with Crippen LogP contribution in [0.15, 0.2) is 28.7 Å². The van der Waals surface area contributed by atoms with Crippen molar-refractivity contribution in [2.45, 2.75) is 0 Å². The van der Waals surface area contributed by atoms with Crippen molar-refractivity contribution >= 4 is 43.8 Å². The van der Waals surface area contributed by atoms with Gasteiger partial charge >= 0.3 is 5.97 Å². The lowest BCUT2D eigenvalue weighted by molar-refractivity contribution is 0.0595. The first kappa shape index (κ1) is 10.4. The maximum atomic E-state index is 11.4. The van der Waals surface area contributed by atoms with Crippen LogP contribution in [-0.2, 0) is 4.74 Å². The van der Waals surface area contributed by atoms with Gasteiger partial charge in [-0.05, 0) is 24.3 Å². The van der Waals surface area contributed by atoms with E-state index in [0.29, 0.717) is 5.69 Å². The average molecular weight is 293 g/mol. The van der Waals surface area contributed by atoms with E-state index in [9.17, 15) is 4.79 Å². The van der Waals surface area contributed by atoms with Crippen LogP contribution in [0, 0.1) is 0 Å². The number of methoxy groups -OCH3 is 1. The van der Waals surface area contributed by atoms with Crippen LogP contribution in [0.1, 0.15) is 10.5 Å². The lowest BCUT2D eigenvalue weighted by atomic mass is 10.2. The molecule has 86 valence electrons. The summed E-state index contributed by atoms with van der Waals surface area (Å²) in [4.78, 5) is 17.6. The van der Waals surface area contributed by atoms with Gasteiger partial charge in [0.1, 0.15) is 11.3 Å². The third-order valence-corrected chi connectivity index (χ3v) is 3.25. The second kappa shape index (κ2) is 3.63. The minimum atomic E-state index is -0.363. The molecular weight excluding hydrogens is 284 g/mol. The van der Waals surface area contributed by atoms with Gasteiger partial charge in [-0.15, -0.1) is 0 Å². The molecule has 0 amide bonds. The molecule has 0 radical (unpaired) electrons. The summed E-state index contributed by atoms with van der Waals surface area (Å²) < 4.78 is 5.68. The SMILES string of the molecule is COC(=O)c1cc2c([nH]1)[nH]c1ccc(Br)cc12. The van der Waals surface area contributed by atoms with Crippen LogP contribution in [0.2, 0.25) is 0 Å². The van der Waals surface area contributed by atoms with Crippen LogP contribution in [0.4, 0.5) is 0 Å². The first-order valence-electron chi connectivity index (χ1n) is 5.07. The Morgan fingerprint density at radius 3 is 2.82 bits per heavy atom. The molecule has 0 saturated heterocycles. The minimum Gasteiger partial charge on any atom is -0.464 e. The number of hydrogen-bond acceptors (Lipinski definition) is 2. The molecule has 17 heavy (non-hydrogen) atoms. The molecule has 3 rings (SSSR count). The molecule has 1 aromatic carbocycles. The second-order valence-electron chi connectivity index (χ2n) is 3.78. The number of ether oxygens (including phenoxy) is 1. The summed E-state index contributed by atoms with van der Waals surface area (Å²) in [5, 5.41) is 2.06. The Bertz CT molecular complexity index is 727. The smallest absolute Gasteiger partial charge is 0.354 e. The number of aromatic amines is 2. The number of fused-ring (bicyclic) bond motifs is 3. The summed E-state index contributed by atoms with van der Waals surface area (Å²) in [6, 6.07) is 7.78. The van der Waals surface area contributed by atoms with Crippen LogP contribution >= 0.6 is 15.9 Å². The van der Waals surface area contributed by atoms with E-state index in [-0.39, 0.29) is 5.97 Å². The Morgan fingerprint density at radius 1 is 1.24 bits per heavy atom. The quantitative estimate of drug-likeness (QED) is 0.677. The normalized spacial score (nSPS) is 11.2. The van der Waals surface area contributed by atoms with Crippen LogP contribution in [-0.4, -0.2) is 23.0 Å². The molecular formula is C12H9BrN2O2. The molecule has 0 bridgehead atoms. The molecule has 0 aliphatic rings. The highest BCUT2D eigenvalue weighted by molar-refractivity contribution is 9.10. The van der Waals surface area contributed by atoms with E-state index in [4.69, 9.17) is 0 Å². The van der Waals surface area contributed by atoms with Crippen molar-refractivity contribution < 1.29 is 9.53 Å².